The first-order chi connectivity index (χ1) is 14.8. The molecule has 4 heterocycles. The molecular weight excluding hydrogens is 396 g/mol. The van der Waals surface area contributed by atoms with Crippen LogP contribution < -0.4 is 4.90 Å². The quantitative estimate of drug-likeness (QED) is 0.714. The van der Waals surface area contributed by atoms with E-state index in [2.05, 4.69) is 0 Å². The van der Waals surface area contributed by atoms with Crippen LogP contribution in [0.3, 0.4) is 0 Å². The molecule has 31 heavy (non-hydrogen) atoms. The van der Waals surface area contributed by atoms with Gasteiger partial charge in [-0.2, -0.15) is 0 Å². The Kier molecular flexibility index (Phi) is 6.11. The second kappa shape index (κ2) is 8.80. The van der Waals surface area contributed by atoms with E-state index in [9.17, 15) is 14.4 Å². The zero-order valence-electron chi connectivity index (χ0n) is 18.8. The lowest BCUT2D eigenvalue weighted by atomic mass is 9.99. The van der Waals surface area contributed by atoms with Gasteiger partial charge in [0, 0.05) is 59.1 Å². The Morgan fingerprint density at radius 1 is 1.06 bits per heavy atom. The van der Waals surface area contributed by atoms with Crippen molar-refractivity contribution in [2.45, 2.75) is 58.0 Å². The fourth-order valence-electron chi connectivity index (χ4n) is 4.83. The summed E-state index contributed by atoms with van der Waals surface area (Å²) in [5, 5.41) is 0. The molecule has 3 aliphatic rings. The minimum atomic E-state index is -0.172. The average Bonchev–Trinajstić information content (AvgIpc) is 3.16. The monoisotopic (exact) mass is 428 g/mol. The van der Waals surface area contributed by atoms with Gasteiger partial charge in [0.1, 0.15) is 5.82 Å². The number of anilines is 1. The maximum absolute atomic E-state index is 13.1. The fraction of sp³-hybridized carbons (Fsp3) is 0.682. The molecule has 1 aromatic rings. The molecule has 3 aliphatic heterocycles. The van der Waals surface area contributed by atoms with Crippen LogP contribution in [-0.4, -0.2) is 82.7 Å². The number of amides is 3. The van der Waals surface area contributed by atoms with E-state index in [4.69, 9.17) is 9.97 Å². The number of piperidine rings is 1. The van der Waals surface area contributed by atoms with E-state index in [-0.39, 0.29) is 30.3 Å². The Hall–Kier alpha value is -2.71. The lowest BCUT2D eigenvalue weighted by Gasteiger charge is -2.37. The third-order valence-electron chi connectivity index (χ3n) is 6.54. The van der Waals surface area contributed by atoms with Crippen LogP contribution in [0, 0.1) is 0 Å². The number of rotatable bonds is 4. The average molecular weight is 429 g/mol. The van der Waals surface area contributed by atoms with Crippen molar-refractivity contribution >= 4 is 23.5 Å². The minimum Gasteiger partial charge on any atom is -0.362 e. The first kappa shape index (κ1) is 21.5. The standard InChI is InChI=1S/C22H32N6O3/c1-15(29)26-12-9-17-16(13-26)22(25(2)3)24-21(23-17)18-7-4-5-11-28(18)20(31)14-27-10-6-8-19(27)30/h18H,4-14H2,1-3H3/t18-/m1/s1. The maximum Gasteiger partial charge on any atom is 0.242 e. The topological polar surface area (TPSA) is 90.0 Å². The molecular formula is C22H32N6O3. The first-order valence-electron chi connectivity index (χ1n) is 11.2. The molecule has 168 valence electrons. The summed E-state index contributed by atoms with van der Waals surface area (Å²) in [5.74, 6) is 1.60. The molecule has 2 saturated heterocycles. The van der Waals surface area contributed by atoms with Crippen LogP contribution in [0.4, 0.5) is 5.82 Å². The molecule has 0 N–H and O–H groups in total. The Morgan fingerprint density at radius 2 is 1.87 bits per heavy atom. The van der Waals surface area contributed by atoms with E-state index in [1.807, 2.05) is 28.8 Å². The van der Waals surface area contributed by atoms with Crippen LogP contribution in [0.1, 0.15) is 62.2 Å². The van der Waals surface area contributed by atoms with Gasteiger partial charge in [-0.15, -0.1) is 0 Å². The van der Waals surface area contributed by atoms with Gasteiger partial charge in [0.2, 0.25) is 17.7 Å². The molecule has 3 amide bonds. The number of hydrogen-bond acceptors (Lipinski definition) is 6. The van der Waals surface area contributed by atoms with Crippen molar-refractivity contribution in [3.63, 3.8) is 0 Å². The van der Waals surface area contributed by atoms with E-state index in [1.165, 1.54) is 0 Å². The number of nitrogens with zero attached hydrogens (tertiary/aromatic N) is 6. The van der Waals surface area contributed by atoms with Crippen LogP contribution in [0.2, 0.25) is 0 Å². The SMILES string of the molecule is CC(=O)N1CCc2nc([C@H]3CCCCN3C(=O)CN3CCCC3=O)nc(N(C)C)c2C1. The maximum atomic E-state index is 13.1. The largest absolute Gasteiger partial charge is 0.362 e. The molecule has 9 heteroatoms. The van der Waals surface area contributed by atoms with Crippen molar-refractivity contribution in [2.75, 3.05) is 45.2 Å². The lowest BCUT2D eigenvalue weighted by molar-refractivity contribution is -0.141. The van der Waals surface area contributed by atoms with Gasteiger partial charge in [-0.1, -0.05) is 0 Å². The molecule has 0 aromatic carbocycles. The number of likely N-dealkylation sites (tertiary alicyclic amines) is 2. The molecule has 9 nitrogen and oxygen atoms in total. The first-order valence-corrected chi connectivity index (χ1v) is 11.2. The second-order valence-corrected chi connectivity index (χ2v) is 8.93. The van der Waals surface area contributed by atoms with Crippen molar-refractivity contribution in [3.8, 4) is 0 Å². The molecule has 0 saturated carbocycles. The number of hydrogen-bond donors (Lipinski definition) is 0. The molecule has 1 atom stereocenters. The zero-order valence-corrected chi connectivity index (χ0v) is 18.8. The molecule has 0 aliphatic carbocycles. The highest BCUT2D eigenvalue weighted by molar-refractivity contribution is 5.86. The number of carbonyl (C=O) groups excluding carboxylic acids is 3. The van der Waals surface area contributed by atoms with E-state index in [0.717, 1.165) is 42.8 Å². The summed E-state index contributed by atoms with van der Waals surface area (Å²) in [6.45, 7) is 4.23. The predicted molar refractivity (Wildman–Crippen MR) is 115 cm³/mol. The highest BCUT2D eigenvalue weighted by Crippen LogP contribution is 2.33. The highest BCUT2D eigenvalue weighted by atomic mass is 16.2. The second-order valence-electron chi connectivity index (χ2n) is 8.93. The van der Waals surface area contributed by atoms with Gasteiger partial charge in [-0.25, -0.2) is 9.97 Å². The van der Waals surface area contributed by atoms with E-state index in [1.54, 1.807) is 11.8 Å². The van der Waals surface area contributed by atoms with Gasteiger partial charge in [-0.05, 0) is 25.7 Å². The Labute approximate surface area is 183 Å². The van der Waals surface area contributed by atoms with Crippen molar-refractivity contribution < 1.29 is 14.4 Å². The normalized spacial score (nSPS) is 21.3. The summed E-state index contributed by atoms with van der Waals surface area (Å²) in [6.07, 6.45) is 4.85. The molecule has 0 bridgehead atoms. The Morgan fingerprint density at radius 3 is 2.55 bits per heavy atom. The molecule has 0 radical (unpaired) electrons. The van der Waals surface area contributed by atoms with Gasteiger partial charge in [0.25, 0.3) is 0 Å². The lowest BCUT2D eigenvalue weighted by Crippen LogP contribution is -2.45. The minimum absolute atomic E-state index is 0.0181. The van der Waals surface area contributed by atoms with Crippen molar-refractivity contribution in [1.29, 1.82) is 0 Å². The highest BCUT2D eigenvalue weighted by Gasteiger charge is 2.34. The molecule has 4 rings (SSSR count). The van der Waals surface area contributed by atoms with E-state index >= 15 is 0 Å². The molecule has 0 unspecified atom stereocenters. The molecule has 0 spiro atoms. The smallest absolute Gasteiger partial charge is 0.242 e. The van der Waals surface area contributed by atoms with Crippen molar-refractivity contribution in [3.05, 3.63) is 17.1 Å². The van der Waals surface area contributed by atoms with Crippen molar-refractivity contribution in [2.24, 2.45) is 0 Å². The van der Waals surface area contributed by atoms with Crippen LogP contribution in [0.25, 0.3) is 0 Å². The number of fused-ring (bicyclic) bond motifs is 1. The summed E-state index contributed by atoms with van der Waals surface area (Å²) < 4.78 is 0. The van der Waals surface area contributed by atoms with Gasteiger partial charge in [-0.3, -0.25) is 14.4 Å². The number of carbonyl (C=O) groups is 3. The Bertz CT molecular complexity index is 886. The van der Waals surface area contributed by atoms with Gasteiger partial charge in [0.15, 0.2) is 5.82 Å². The summed E-state index contributed by atoms with van der Waals surface area (Å²) in [7, 11) is 3.89. The third-order valence-corrected chi connectivity index (χ3v) is 6.54. The van der Waals surface area contributed by atoms with E-state index in [0.29, 0.717) is 44.8 Å². The van der Waals surface area contributed by atoms with Crippen LogP contribution >= 0.6 is 0 Å². The predicted octanol–water partition coefficient (Wildman–Crippen LogP) is 1.12. The Balaban J connectivity index is 1.62. The zero-order chi connectivity index (χ0) is 22.1. The summed E-state index contributed by atoms with van der Waals surface area (Å²) in [5.41, 5.74) is 1.96. The van der Waals surface area contributed by atoms with Crippen molar-refractivity contribution in [1.82, 2.24) is 24.7 Å². The summed E-state index contributed by atoms with van der Waals surface area (Å²) in [6, 6.07) is -0.172. The fourth-order valence-corrected chi connectivity index (χ4v) is 4.83. The van der Waals surface area contributed by atoms with Crippen LogP contribution in [-0.2, 0) is 27.3 Å². The van der Waals surface area contributed by atoms with Gasteiger partial charge >= 0.3 is 0 Å². The van der Waals surface area contributed by atoms with E-state index < -0.39 is 0 Å². The van der Waals surface area contributed by atoms with Crippen LogP contribution in [0.15, 0.2) is 0 Å². The summed E-state index contributed by atoms with van der Waals surface area (Å²) in [4.78, 5) is 54.1. The number of aromatic nitrogens is 2. The third kappa shape index (κ3) is 4.36. The van der Waals surface area contributed by atoms with Crippen LogP contribution in [0.5, 0.6) is 0 Å². The van der Waals surface area contributed by atoms with Gasteiger partial charge in [0.05, 0.1) is 24.8 Å². The molecule has 1 aromatic heterocycles. The molecule has 2 fully saturated rings. The summed E-state index contributed by atoms with van der Waals surface area (Å²) >= 11 is 0. The van der Waals surface area contributed by atoms with Gasteiger partial charge < -0.3 is 19.6 Å².